The topological polar surface area (TPSA) is 92.2 Å². The highest BCUT2D eigenvalue weighted by Crippen LogP contribution is 2.40. The molecule has 2 aliphatic rings. The molecule has 0 saturated carbocycles. The summed E-state index contributed by atoms with van der Waals surface area (Å²) in [7, 11) is 0. The minimum atomic E-state index is -1.07. The number of aromatic nitrogens is 1. The largest absolute Gasteiger partial charge is 0.493 e. The fourth-order valence-electron chi connectivity index (χ4n) is 5.96. The normalized spacial score (nSPS) is 15.9. The second-order valence-corrected chi connectivity index (χ2v) is 10.9. The zero-order valence-electron chi connectivity index (χ0n) is 24.5. The standard InChI is InChI=1S/C33H38FN3O5/c1-4-16-42-30-18-22(17-29(41-5-2)31(30)23-6-8-24(34)9-7-23)20-36-13-10-25(11-14-36)37-15-12-28-27(32(37)38)19-26(33(39)40)21(3)35-28/h6-9,17-19,25H,4-5,10-16,20H2,1-3H3,(H,39,40). The number of rotatable bonds is 10. The van der Waals surface area contributed by atoms with Crippen LogP contribution < -0.4 is 9.47 Å². The Balaban J connectivity index is 1.30. The van der Waals surface area contributed by atoms with Gasteiger partial charge in [0.25, 0.3) is 5.91 Å². The second kappa shape index (κ2) is 12.9. The Kier molecular flexibility index (Phi) is 9.06. The SMILES string of the molecule is CCCOc1cc(CN2CCC(N3CCc4nc(C)c(C(=O)O)cc4C3=O)CC2)cc(OCC)c1-c1ccc(F)cc1. The molecule has 1 amide bonds. The summed E-state index contributed by atoms with van der Waals surface area (Å²) in [6, 6.07) is 12.1. The van der Waals surface area contributed by atoms with Gasteiger partial charge in [-0.2, -0.15) is 0 Å². The third kappa shape index (κ3) is 6.26. The summed E-state index contributed by atoms with van der Waals surface area (Å²) in [4.78, 5) is 33.7. The summed E-state index contributed by atoms with van der Waals surface area (Å²) < 4.78 is 25.9. The molecule has 0 bridgehead atoms. The summed E-state index contributed by atoms with van der Waals surface area (Å²) in [5, 5.41) is 9.51. The molecule has 2 aromatic carbocycles. The van der Waals surface area contributed by atoms with Crippen molar-refractivity contribution >= 4 is 11.9 Å². The summed E-state index contributed by atoms with van der Waals surface area (Å²) in [5.41, 5.74) is 4.36. The minimum absolute atomic E-state index is 0.0814. The van der Waals surface area contributed by atoms with Crippen molar-refractivity contribution in [2.75, 3.05) is 32.8 Å². The molecule has 1 aromatic heterocycles. The van der Waals surface area contributed by atoms with Crippen LogP contribution in [0.4, 0.5) is 4.39 Å². The van der Waals surface area contributed by atoms with Gasteiger partial charge in [0, 0.05) is 38.6 Å². The Labute approximate surface area is 246 Å². The zero-order valence-corrected chi connectivity index (χ0v) is 24.5. The van der Waals surface area contributed by atoms with Gasteiger partial charge >= 0.3 is 5.97 Å². The number of likely N-dealkylation sites (tertiary alicyclic amines) is 1. The van der Waals surface area contributed by atoms with Crippen LogP contribution in [-0.2, 0) is 13.0 Å². The van der Waals surface area contributed by atoms with Crippen LogP contribution in [0.15, 0.2) is 42.5 Å². The van der Waals surface area contributed by atoms with Crippen LogP contribution in [0, 0.1) is 12.7 Å². The molecule has 222 valence electrons. The smallest absolute Gasteiger partial charge is 0.337 e. The molecule has 3 aromatic rings. The maximum absolute atomic E-state index is 13.7. The third-order valence-corrected chi connectivity index (χ3v) is 8.03. The van der Waals surface area contributed by atoms with Crippen molar-refractivity contribution in [1.29, 1.82) is 0 Å². The summed E-state index contributed by atoms with van der Waals surface area (Å²) in [6.45, 7) is 9.67. The molecule has 0 unspecified atom stereocenters. The molecular formula is C33H38FN3O5. The van der Waals surface area contributed by atoms with E-state index in [4.69, 9.17) is 9.47 Å². The molecule has 1 saturated heterocycles. The minimum Gasteiger partial charge on any atom is -0.493 e. The zero-order chi connectivity index (χ0) is 29.8. The molecule has 5 rings (SSSR count). The number of hydrogen-bond acceptors (Lipinski definition) is 6. The highest BCUT2D eigenvalue weighted by molar-refractivity contribution is 5.99. The van der Waals surface area contributed by atoms with Crippen LogP contribution >= 0.6 is 0 Å². The lowest BCUT2D eigenvalue weighted by Gasteiger charge is -2.40. The van der Waals surface area contributed by atoms with Crippen molar-refractivity contribution in [3.8, 4) is 22.6 Å². The third-order valence-electron chi connectivity index (χ3n) is 8.03. The first-order valence-corrected chi connectivity index (χ1v) is 14.7. The monoisotopic (exact) mass is 575 g/mol. The van der Waals surface area contributed by atoms with E-state index in [1.165, 1.54) is 18.2 Å². The molecule has 1 N–H and O–H groups in total. The Bertz CT molecular complexity index is 1450. The first-order chi connectivity index (χ1) is 20.3. The average molecular weight is 576 g/mol. The second-order valence-electron chi connectivity index (χ2n) is 10.9. The Morgan fingerprint density at radius 2 is 1.74 bits per heavy atom. The van der Waals surface area contributed by atoms with Gasteiger partial charge in [-0.15, -0.1) is 0 Å². The van der Waals surface area contributed by atoms with Gasteiger partial charge < -0.3 is 19.5 Å². The number of piperidine rings is 1. The number of fused-ring (bicyclic) bond motifs is 1. The van der Waals surface area contributed by atoms with Crippen LogP contribution in [0.3, 0.4) is 0 Å². The van der Waals surface area contributed by atoms with Crippen molar-refractivity contribution in [2.24, 2.45) is 0 Å². The quantitative estimate of drug-likeness (QED) is 0.329. The number of aryl methyl sites for hydroxylation is 1. The van der Waals surface area contributed by atoms with Crippen LogP contribution in [-0.4, -0.2) is 70.7 Å². The molecule has 3 heterocycles. The first kappa shape index (κ1) is 29.5. The first-order valence-electron chi connectivity index (χ1n) is 14.7. The molecular weight excluding hydrogens is 537 g/mol. The summed E-state index contributed by atoms with van der Waals surface area (Å²) in [5.74, 6) is -0.0474. The van der Waals surface area contributed by atoms with Crippen LogP contribution in [0.1, 0.15) is 70.8 Å². The van der Waals surface area contributed by atoms with E-state index in [2.05, 4.69) is 22.9 Å². The number of carbonyl (C=O) groups excluding carboxylic acids is 1. The van der Waals surface area contributed by atoms with Crippen molar-refractivity contribution < 1.29 is 28.6 Å². The maximum Gasteiger partial charge on any atom is 0.337 e. The van der Waals surface area contributed by atoms with Gasteiger partial charge in [-0.25, -0.2) is 9.18 Å². The number of amides is 1. The van der Waals surface area contributed by atoms with Crippen molar-refractivity contribution in [3.63, 3.8) is 0 Å². The number of ether oxygens (including phenoxy) is 2. The summed E-state index contributed by atoms with van der Waals surface area (Å²) >= 11 is 0. The average Bonchev–Trinajstić information content (AvgIpc) is 2.97. The van der Waals surface area contributed by atoms with Gasteiger partial charge in [0.05, 0.1) is 41.3 Å². The Morgan fingerprint density at radius 1 is 1.05 bits per heavy atom. The Hall–Kier alpha value is -3.98. The van der Waals surface area contributed by atoms with Gasteiger partial charge in [-0.05, 0) is 74.6 Å². The molecule has 9 heteroatoms. The predicted octanol–water partition coefficient (Wildman–Crippen LogP) is 5.74. The lowest BCUT2D eigenvalue weighted by atomic mass is 9.95. The maximum atomic E-state index is 13.7. The number of carbonyl (C=O) groups is 2. The summed E-state index contributed by atoms with van der Waals surface area (Å²) in [6.07, 6.45) is 3.15. The van der Waals surface area contributed by atoms with E-state index in [9.17, 15) is 19.1 Å². The fraction of sp³-hybridized carbons (Fsp3) is 0.424. The highest BCUT2D eigenvalue weighted by Gasteiger charge is 2.34. The highest BCUT2D eigenvalue weighted by atomic mass is 19.1. The van der Waals surface area contributed by atoms with Gasteiger partial charge in [-0.1, -0.05) is 19.1 Å². The van der Waals surface area contributed by atoms with E-state index in [0.29, 0.717) is 55.4 Å². The van der Waals surface area contributed by atoms with Crippen molar-refractivity contribution in [1.82, 2.24) is 14.8 Å². The number of benzene rings is 2. The number of nitrogens with zero attached hydrogens (tertiary/aromatic N) is 3. The van der Waals surface area contributed by atoms with E-state index in [-0.39, 0.29) is 23.3 Å². The molecule has 42 heavy (non-hydrogen) atoms. The van der Waals surface area contributed by atoms with Crippen molar-refractivity contribution in [2.45, 2.75) is 59.0 Å². The van der Waals surface area contributed by atoms with Crippen molar-refractivity contribution in [3.05, 3.63) is 76.4 Å². The van der Waals surface area contributed by atoms with Crippen LogP contribution in [0.25, 0.3) is 11.1 Å². The van der Waals surface area contributed by atoms with E-state index in [1.54, 1.807) is 19.1 Å². The van der Waals surface area contributed by atoms with Crippen LogP contribution in [0.2, 0.25) is 0 Å². The lowest BCUT2D eigenvalue weighted by molar-refractivity contribution is 0.0543. The molecule has 8 nitrogen and oxygen atoms in total. The predicted molar refractivity (Wildman–Crippen MR) is 158 cm³/mol. The molecule has 0 aliphatic carbocycles. The fourth-order valence-corrected chi connectivity index (χ4v) is 5.96. The van der Waals surface area contributed by atoms with Gasteiger partial charge in [0.2, 0.25) is 0 Å². The molecule has 2 aliphatic heterocycles. The molecule has 1 fully saturated rings. The number of halogens is 1. The molecule has 0 spiro atoms. The molecule has 0 atom stereocenters. The van der Waals surface area contributed by atoms with Gasteiger partial charge in [0.1, 0.15) is 17.3 Å². The Morgan fingerprint density at radius 3 is 2.38 bits per heavy atom. The number of pyridine rings is 1. The number of hydrogen-bond donors (Lipinski definition) is 1. The van der Waals surface area contributed by atoms with Gasteiger partial charge in [-0.3, -0.25) is 14.7 Å². The number of carboxylic acids is 1. The van der Waals surface area contributed by atoms with E-state index in [0.717, 1.165) is 54.8 Å². The van der Waals surface area contributed by atoms with E-state index >= 15 is 0 Å². The molecule has 0 radical (unpaired) electrons. The van der Waals surface area contributed by atoms with Crippen LogP contribution in [0.5, 0.6) is 11.5 Å². The van der Waals surface area contributed by atoms with E-state index in [1.807, 2.05) is 17.9 Å². The van der Waals surface area contributed by atoms with E-state index < -0.39 is 5.97 Å². The lowest BCUT2D eigenvalue weighted by Crippen LogP contribution is -2.50. The number of carboxylic acid groups (broad SMARTS) is 1. The van der Waals surface area contributed by atoms with Gasteiger partial charge in [0.15, 0.2) is 0 Å². The number of aromatic carboxylic acids is 1.